The molecule has 1 heterocycles. The zero-order chi connectivity index (χ0) is 13.2. The van der Waals surface area contributed by atoms with Crippen LogP contribution in [0.3, 0.4) is 0 Å². The molecule has 0 unspecified atom stereocenters. The molecule has 0 amide bonds. The quantitative estimate of drug-likeness (QED) is 0.827. The van der Waals surface area contributed by atoms with Crippen molar-refractivity contribution in [3.63, 3.8) is 0 Å². The van der Waals surface area contributed by atoms with E-state index in [4.69, 9.17) is 0 Å². The van der Waals surface area contributed by atoms with Gasteiger partial charge in [0.15, 0.2) is 0 Å². The van der Waals surface area contributed by atoms with Gasteiger partial charge >= 0.3 is 0 Å². The van der Waals surface area contributed by atoms with Crippen molar-refractivity contribution in [2.24, 2.45) is 5.41 Å². The van der Waals surface area contributed by atoms with Gasteiger partial charge in [-0.05, 0) is 30.9 Å². The topological polar surface area (TPSA) is 38.1 Å². The molecule has 1 saturated carbocycles. The minimum Gasteiger partial charge on any atom is -0.373 e. The zero-order valence-electron chi connectivity index (χ0n) is 11.1. The van der Waals surface area contributed by atoms with Crippen LogP contribution in [0.25, 0.3) is 0 Å². The zero-order valence-corrected chi connectivity index (χ0v) is 12.0. The second kappa shape index (κ2) is 5.34. The number of anilines is 1. The summed E-state index contributed by atoms with van der Waals surface area (Å²) in [4.78, 5) is 14.1. The molecule has 0 aliphatic heterocycles. The average Bonchev–Trinajstić information content (AvgIpc) is 2.34. The van der Waals surface area contributed by atoms with Crippen molar-refractivity contribution in [1.29, 1.82) is 0 Å². The van der Waals surface area contributed by atoms with Crippen molar-refractivity contribution < 1.29 is 0 Å². The van der Waals surface area contributed by atoms with Gasteiger partial charge in [0.1, 0.15) is 0 Å². The van der Waals surface area contributed by atoms with Gasteiger partial charge < -0.3 is 4.90 Å². The van der Waals surface area contributed by atoms with Crippen molar-refractivity contribution in [3.05, 3.63) is 22.6 Å². The molecule has 0 saturated heterocycles. The third-order valence-electron chi connectivity index (χ3n) is 4.01. The molecule has 0 bridgehead atoms. The molecule has 1 aliphatic rings. The monoisotopic (exact) mass is 267 g/mol. The Kier molecular flexibility index (Phi) is 4.00. The van der Waals surface area contributed by atoms with Gasteiger partial charge in [-0.3, -0.25) is 4.79 Å². The molecule has 0 radical (unpaired) electrons. The van der Waals surface area contributed by atoms with Gasteiger partial charge in [0.2, 0.25) is 0 Å². The lowest BCUT2D eigenvalue weighted by Gasteiger charge is -2.40. The fraction of sp³-hybridized carbons (Fsp3) is 0.692. The third kappa shape index (κ3) is 2.55. The lowest BCUT2D eigenvalue weighted by atomic mass is 9.70. The van der Waals surface area contributed by atoms with Crippen LogP contribution in [0, 0.1) is 5.41 Å². The van der Waals surface area contributed by atoms with Gasteiger partial charge in [0.25, 0.3) is 5.56 Å². The fourth-order valence-electron chi connectivity index (χ4n) is 2.29. The first-order valence-corrected chi connectivity index (χ1v) is 7.13. The highest BCUT2D eigenvalue weighted by Crippen LogP contribution is 2.42. The first kappa shape index (κ1) is 13.5. The van der Waals surface area contributed by atoms with E-state index in [1.807, 2.05) is 11.9 Å². The van der Waals surface area contributed by atoms with E-state index in [9.17, 15) is 4.79 Å². The Morgan fingerprint density at radius 1 is 1.56 bits per heavy atom. The molecule has 1 aliphatic carbocycles. The van der Waals surface area contributed by atoms with Gasteiger partial charge in [0, 0.05) is 19.7 Å². The number of hydrogen-bond acceptors (Lipinski definition) is 4. The molecular weight excluding hydrogens is 246 g/mol. The van der Waals surface area contributed by atoms with Crippen molar-refractivity contribution in [3.8, 4) is 0 Å². The third-order valence-corrected chi connectivity index (χ3v) is 4.68. The molecule has 2 rings (SSSR count). The summed E-state index contributed by atoms with van der Waals surface area (Å²) in [5.41, 5.74) is 1.06. The standard InChI is InChI=1S/C13H21N3OS/c1-3-15(2)11-7-12(17)16(14-8-11)9-13(10-18)5-4-6-13/h7-8,18H,3-6,9-10H2,1-2H3. The second-order valence-corrected chi connectivity index (χ2v) is 5.55. The molecule has 0 aromatic carbocycles. The van der Waals surface area contributed by atoms with Gasteiger partial charge in [-0.1, -0.05) is 6.42 Å². The second-order valence-electron chi connectivity index (χ2n) is 5.24. The predicted octanol–water partition coefficient (Wildman–Crippen LogP) is 1.80. The van der Waals surface area contributed by atoms with E-state index in [2.05, 4.69) is 24.7 Å². The number of hydrogen-bond donors (Lipinski definition) is 1. The molecule has 1 aromatic rings. The fourth-order valence-corrected chi connectivity index (χ4v) is 2.71. The van der Waals surface area contributed by atoms with E-state index in [-0.39, 0.29) is 11.0 Å². The predicted molar refractivity (Wildman–Crippen MR) is 77.6 cm³/mol. The van der Waals surface area contributed by atoms with Crippen molar-refractivity contribution >= 4 is 18.3 Å². The van der Waals surface area contributed by atoms with Crippen molar-refractivity contribution in [2.45, 2.75) is 32.7 Å². The molecular formula is C13H21N3OS. The minimum atomic E-state index is -0.0131. The van der Waals surface area contributed by atoms with Crippen LogP contribution in [0.15, 0.2) is 17.1 Å². The normalized spacial score (nSPS) is 17.3. The van der Waals surface area contributed by atoms with Crippen LogP contribution in [0.1, 0.15) is 26.2 Å². The maximum absolute atomic E-state index is 12.0. The SMILES string of the molecule is CCN(C)c1cnn(CC2(CS)CCC2)c(=O)c1. The van der Waals surface area contributed by atoms with Gasteiger partial charge in [0.05, 0.1) is 18.4 Å². The summed E-state index contributed by atoms with van der Waals surface area (Å²) in [6, 6.07) is 1.67. The summed E-state index contributed by atoms with van der Waals surface area (Å²) in [6.45, 7) is 3.62. The summed E-state index contributed by atoms with van der Waals surface area (Å²) in [5.74, 6) is 0.831. The van der Waals surface area contributed by atoms with Crippen LogP contribution in [0.2, 0.25) is 0 Å². The maximum atomic E-state index is 12.0. The number of nitrogens with zero attached hydrogens (tertiary/aromatic N) is 3. The van der Waals surface area contributed by atoms with E-state index in [0.29, 0.717) is 6.54 Å². The summed E-state index contributed by atoms with van der Waals surface area (Å²) >= 11 is 4.41. The van der Waals surface area contributed by atoms with E-state index in [0.717, 1.165) is 30.8 Å². The van der Waals surface area contributed by atoms with Crippen molar-refractivity contribution in [1.82, 2.24) is 9.78 Å². The van der Waals surface area contributed by atoms with Gasteiger partial charge in [-0.25, -0.2) is 4.68 Å². The molecule has 1 aromatic heterocycles. The average molecular weight is 267 g/mol. The Morgan fingerprint density at radius 3 is 2.72 bits per heavy atom. The van der Waals surface area contributed by atoms with E-state index >= 15 is 0 Å². The van der Waals surface area contributed by atoms with Crippen LogP contribution in [-0.4, -0.2) is 29.1 Å². The minimum absolute atomic E-state index is 0.0131. The highest BCUT2D eigenvalue weighted by atomic mass is 32.1. The molecule has 0 atom stereocenters. The summed E-state index contributed by atoms with van der Waals surface area (Å²) in [7, 11) is 1.96. The summed E-state index contributed by atoms with van der Waals surface area (Å²) < 4.78 is 1.59. The molecule has 4 nitrogen and oxygen atoms in total. The first-order valence-electron chi connectivity index (χ1n) is 6.49. The summed E-state index contributed by atoms with van der Waals surface area (Å²) in [6.07, 6.45) is 5.32. The number of rotatable bonds is 5. The number of aromatic nitrogens is 2. The lowest BCUT2D eigenvalue weighted by molar-refractivity contribution is 0.130. The largest absolute Gasteiger partial charge is 0.373 e. The van der Waals surface area contributed by atoms with Crippen LogP contribution in [0.4, 0.5) is 5.69 Å². The van der Waals surface area contributed by atoms with Crippen LogP contribution < -0.4 is 10.5 Å². The Labute approximate surface area is 113 Å². The van der Waals surface area contributed by atoms with E-state index < -0.39 is 0 Å². The highest BCUT2D eigenvalue weighted by Gasteiger charge is 2.36. The smallest absolute Gasteiger partial charge is 0.268 e. The van der Waals surface area contributed by atoms with E-state index in [1.165, 1.54) is 6.42 Å². The Bertz CT molecular complexity index is 462. The Hall–Kier alpha value is -0.970. The molecule has 1 fully saturated rings. The maximum Gasteiger partial charge on any atom is 0.268 e. The van der Waals surface area contributed by atoms with Crippen LogP contribution in [-0.2, 0) is 6.54 Å². The Morgan fingerprint density at radius 2 is 2.28 bits per heavy atom. The van der Waals surface area contributed by atoms with Gasteiger partial charge in [-0.15, -0.1) is 0 Å². The molecule has 18 heavy (non-hydrogen) atoms. The molecule has 5 heteroatoms. The molecule has 0 N–H and O–H groups in total. The van der Waals surface area contributed by atoms with Crippen molar-refractivity contribution in [2.75, 3.05) is 24.2 Å². The van der Waals surface area contributed by atoms with Gasteiger partial charge in [-0.2, -0.15) is 17.7 Å². The molecule has 0 spiro atoms. The first-order chi connectivity index (χ1) is 8.60. The summed E-state index contributed by atoms with van der Waals surface area (Å²) in [5, 5.41) is 4.29. The van der Waals surface area contributed by atoms with Crippen LogP contribution in [0.5, 0.6) is 0 Å². The van der Waals surface area contributed by atoms with Crippen LogP contribution >= 0.6 is 12.6 Å². The lowest BCUT2D eigenvalue weighted by Crippen LogP contribution is -2.40. The molecule has 100 valence electrons. The number of thiol groups is 1. The highest BCUT2D eigenvalue weighted by molar-refractivity contribution is 7.80. The van der Waals surface area contributed by atoms with E-state index in [1.54, 1.807) is 16.9 Å². The Balaban J connectivity index is 2.17.